The Bertz CT molecular complexity index is 1140. The molecule has 0 aliphatic heterocycles. The summed E-state index contributed by atoms with van der Waals surface area (Å²) < 4.78 is 6.03. The molecule has 0 saturated heterocycles. The highest BCUT2D eigenvalue weighted by molar-refractivity contribution is 7.39. The summed E-state index contributed by atoms with van der Waals surface area (Å²) in [6.07, 6.45) is 14.4. The van der Waals surface area contributed by atoms with E-state index >= 15 is 0 Å². The molecule has 0 bridgehead atoms. The molecule has 2 aliphatic rings. The van der Waals surface area contributed by atoms with Crippen molar-refractivity contribution < 1.29 is 19.4 Å². The van der Waals surface area contributed by atoms with Crippen LogP contribution in [0.4, 0.5) is 0 Å². The van der Waals surface area contributed by atoms with E-state index in [-0.39, 0.29) is 16.7 Å². The number of rotatable bonds is 12. The number of hydrogen-bond acceptors (Lipinski definition) is 4. The number of hydrogen-bond donors (Lipinski definition) is 3. The van der Waals surface area contributed by atoms with Crippen LogP contribution in [0.25, 0.3) is 0 Å². The molecular formula is C37H57O4P. The van der Waals surface area contributed by atoms with Gasteiger partial charge in [0.15, 0.2) is 0 Å². The van der Waals surface area contributed by atoms with E-state index in [0.29, 0.717) is 23.3 Å². The summed E-state index contributed by atoms with van der Waals surface area (Å²) in [7, 11) is -2.59. The molecule has 0 aromatic heterocycles. The third-order valence-electron chi connectivity index (χ3n) is 11.2. The maximum absolute atomic E-state index is 12.1. The van der Waals surface area contributed by atoms with Crippen molar-refractivity contribution in [3.63, 3.8) is 0 Å². The maximum atomic E-state index is 12.1. The van der Waals surface area contributed by atoms with Crippen LogP contribution in [0.3, 0.4) is 0 Å². The lowest BCUT2D eigenvalue weighted by molar-refractivity contribution is 0.253. The Hall–Kier alpha value is -1.61. The van der Waals surface area contributed by atoms with Gasteiger partial charge in [0.1, 0.15) is 11.5 Å². The molecule has 5 heteroatoms. The second-order valence-corrected chi connectivity index (χ2v) is 15.2. The number of unbranched alkanes of at least 4 members (excludes halogenated alkanes) is 1. The minimum absolute atomic E-state index is 0.0402. The highest BCUT2D eigenvalue weighted by Gasteiger charge is 2.38. The Morgan fingerprint density at radius 3 is 1.88 bits per heavy atom. The molecule has 2 fully saturated rings. The highest BCUT2D eigenvalue weighted by Crippen LogP contribution is 2.53. The van der Waals surface area contributed by atoms with Gasteiger partial charge < -0.3 is 19.4 Å². The second kappa shape index (κ2) is 14.4. The molecule has 0 radical (unpaired) electrons. The fourth-order valence-corrected chi connectivity index (χ4v) is 8.26. The molecule has 2 aliphatic carbocycles. The smallest absolute Gasteiger partial charge is 0.391 e. The summed E-state index contributed by atoms with van der Waals surface area (Å²) in [6.45, 7) is 13.8. The largest absolute Gasteiger partial charge is 0.507 e. The van der Waals surface area contributed by atoms with Crippen LogP contribution in [-0.4, -0.2) is 14.9 Å². The first-order valence-corrected chi connectivity index (χ1v) is 18.0. The molecule has 4 rings (SSSR count). The molecule has 0 amide bonds. The Morgan fingerprint density at radius 1 is 0.833 bits per heavy atom. The molecule has 42 heavy (non-hydrogen) atoms. The minimum Gasteiger partial charge on any atom is -0.507 e. The fraction of sp³-hybridized carbons (Fsp3) is 0.676. The molecule has 0 heterocycles. The van der Waals surface area contributed by atoms with E-state index in [0.717, 1.165) is 86.0 Å². The zero-order valence-electron chi connectivity index (χ0n) is 27.2. The van der Waals surface area contributed by atoms with Crippen molar-refractivity contribution in [2.75, 3.05) is 0 Å². The summed E-state index contributed by atoms with van der Waals surface area (Å²) in [5, 5.41) is 12.1. The van der Waals surface area contributed by atoms with E-state index in [1.807, 2.05) is 0 Å². The molecule has 2 unspecified atom stereocenters. The fourth-order valence-electron chi connectivity index (χ4n) is 7.89. The van der Waals surface area contributed by atoms with Crippen molar-refractivity contribution in [3.8, 4) is 11.5 Å². The molecule has 2 atom stereocenters. The molecule has 2 saturated carbocycles. The lowest BCUT2D eigenvalue weighted by Crippen LogP contribution is -2.29. The van der Waals surface area contributed by atoms with E-state index < -0.39 is 8.60 Å². The Kier molecular flexibility index (Phi) is 11.4. The van der Waals surface area contributed by atoms with Crippen LogP contribution in [0.2, 0.25) is 0 Å². The predicted octanol–water partition coefficient (Wildman–Crippen LogP) is 10.7. The van der Waals surface area contributed by atoms with Crippen LogP contribution in [0.15, 0.2) is 36.4 Å². The lowest BCUT2D eigenvalue weighted by Gasteiger charge is -2.39. The molecule has 3 N–H and O–H groups in total. The van der Waals surface area contributed by atoms with Gasteiger partial charge in [-0.05, 0) is 86.4 Å². The van der Waals surface area contributed by atoms with Gasteiger partial charge in [-0.2, -0.15) is 0 Å². The first kappa shape index (κ1) is 33.3. The summed E-state index contributed by atoms with van der Waals surface area (Å²) in [6, 6.07) is 12.7. The van der Waals surface area contributed by atoms with Crippen molar-refractivity contribution in [3.05, 3.63) is 58.7 Å². The summed E-state index contributed by atoms with van der Waals surface area (Å²) in [5.41, 5.74) is 3.95. The average Bonchev–Trinajstić information content (AvgIpc) is 2.97. The summed E-state index contributed by atoms with van der Waals surface area (Å²) in [5.74, 6) is 2.89. The SMILES string of the molecule is CCCCC(CC)CC(c1cccc(C2(C)CCC(C)CC2)c1O)c1cccc(C2(C)CCC(C)CC2)c1OP(O)O. The van der Waals surface area contributed by atoms with Crippen molar-refractivity contribution in [1.29, 1.82) is 0 Å². The zero-order valence-corrected chi connectivity index (χ0v) is 28.1. The lowest BCUT2D eigenvalue weighted by atomic mass is 9.66. The highest BCUT2D eigenvalue weighted by atomic mass is 31.2. The zero-order chi connectivity index (χ0) is 30.5. The van der Waals surface area contributed by atoms with E-state index in [9.17, 15) is 14.9 Å². The van der Waals surface area contributed by atoms with E-state index in [4.69, 9.17) is 4.52 Å². The van der Waals surface area contributed by atoms with Gasteiger partial charge in [0.05, 0.1) is 0 Å². The van der Waals surface area contributed by atoms with Gasteiger partial charge in [-0.15, -0.1) is 0 Å². The van der Waals surface area contributed by atoms with Crippen LogP contribution in [-0.2, 0) is 10.8 Å². The van der Waals surface area contributed by atoms with Gasteiger partial charge in [0.2, 0.25) is 0 Å². The van der Waals surface area contributed by atoms with Crippen molar-refractivity contribution >= 4 is 8.60 Å². The molecule has 4 nitrogen and oxygen atoms in total. The minimum atomic E-state index is -2.59. The maximum Gasteiger partial charge on any atom is 0.391 e. The van der Waals surface area contributed by atoms with Crippen molar-refractivity contribution in [1.82, 2.24) is 0 Å². The van der Waals surface area contributed by atoms with E-state index in [1.165, 1.54) is 25.7 Å². The van der Waals surface area contributed by atoms with E-state index in [1.54, 1.807) is 0 Å². The molecule has 2 aromatic rings. The first-order valence-electron chi connectivity index (χ1n) is 16.8. The molecule has 234 valence electrons. The Morgan fingerprint density at radius 2 is 1.36 bits per heavy atom. The predicted molar refractivity (Wildman–Crippen MR) is 176 cm³/mol. The van der Waals surface area contributed by atoms with Gasteiger partial charge >= 0.3 is 8.60 Å². The van der Waals surface area contributed by atoms with Gasteiger partial charge in [-0.25, -0.2) is 0 Å². The molecule has 2 aromatic carbocycles. The Balaban J connectivity index is 1.87. The van der Waals surface area contributed by atoms with E-state index in [2.05, 4.69) is 77.9 Å². The topological polar surface area (TPSA) is 69.9 Å². The second-order valence-electron chi connectivity index (χ2n) is 14.5. The summed E-state index contributed by atoms with van der Waals surface area (Å²) >= 11 is 0. The van der Waals surface area contributed by atoms with Crippen LogP contribution in [0.5, 0.6) is 11.5 Å². The average molecular weight is 597 g/mol. The quantitative estimate of drug-likeness (QED) is 0.213. The van der Waals surface area contributed by atoms with Gasteiger partial charge in [-0.3, -0.25) is 0 Å². The van der Waals surface area contributed by atoms with Crippen molar-refractivity contribution in [2.45, 2.75) is 142 Å². The number of para-hydroxylation sites is 2. The van der Waals surface area contributed by atoms with Gasteiger partial charge in [-0.1, -0.05) is 104 Å². The van der Waals surface area contributed by atoms with Crippen LogP contribution in [0, 0.1) is 17.8 Å². The monoisotopic (exact) mass is 596 g/mol. The van der Waals surface area contributed by atoms with Crippen LogP contribution >= 0.6 is 8.60 Å². The third kappa shape index (κ3) is 7.54. The van der Waals surface area contributed by atoms with Crippen LogP contribution < -0.4 is 4.52 Å². The molecular weight excluding hydrogens is 539 g/mol. The summed E-state index contributed by atoms with van der Waals surface area (Å²) in [4.78, 5) is 20.5. The number of aromatic hydroxyl groups is 1. The normalized spacial score (nSPS) is 28.0. The Labute approximate surface area is 257 Å². The van der Waals surface area contributed by atoms with Crippen LogP contribution in [0.1, 0.15) is 153 Å². The number of benzene rings is 2. The first-order chi connectivity index (χ1) is 20.0. The molecule has 0 spiro atoms. The standard InChI is InChI=1S/C37H57O4P/c1-7-9-12-28(8-2)25-31(29-13-10-15-32(34(29)38)36(5)21-17-26(3)18-22-36)30-14-11-16-33(35(30)41-42(39)40)37(6)23-19-27(4)20-24-37/h10-11,13-16,26-28,31,38-40H,7-9,12,17-25H2,1-6H3. The third-order valence-corrected chi connectivity index (χ3v) is 11.6. The van der Waals surface area contributed by atoms with Gasteiger partial charge in [0.25, 0.3) is 0 Å². The van der Waals surface area contributed by atoms with Gasteiger partial charge in [0, 0.05) is 28.2 Å². The number of phenolic OH excluding ortho intramolecular Hbond substituents is 1. The number of phenols is 1. The van der Waals surface area contributed by atoms with Crippen molar-refractivity contribution in [2.24, 2.45) is 17.8 Å².